The molecule has 3 heterocycles. The largest absolute Gasteiger partial charge is 0.394 e. The van der Waals surface area contributed by atoms with Crippen molar-refractivity contribution in [3.05, 3.63) is 23.0 Å². The number of hydrogen-bond donors (Lipinski definition) is 2. The summed E-state index contributed by atoms with van der Waals surface area (Å²) in [5, 5.41) is 9.19. The predicted molar refractivity (Wildman–Crippen MR) is 62.9 cm³/mol. The molecule has 96 valence electrons. The van der Waals surface area contributed by atoms with Crippen molar-refractivity contribution < 1.29 is 9.84 Å². The molecule has 1 saturated heterocycles. The number of H-pyrrole nitrogens is 1. The topological polar surface area (TPSA) is 93.0 Å². The molecule has 0 radical (unpaired) electrons. The van der Waals surface area contributed by atoms with Gasteiger partial charge in [0.15, 0.2) is 11.2 Å². The summed E-state index contributed by atoms with van der Waals surface area (Å²) >= 11 is 0. The summed E-state index contributed by atoms with van der Waals surface area (Å²) in [5.74, 6) is 0.263. The number of fused-ring (bicyclic) bond motifs is 1. The third-order valence-corrected chi connectivity index (χ3v) is 3.40. The fraction of sp³-hybridized carbons (Fsp3) is 0.545. The molecule has 2 N–H and O–H groups in total. The summed E-state index contributed by atoms with van der Waals surface area (Å²) < 4.78 is 7.48. The number of ether oxygens (including phenoxy) is 1. The number of aromatic nitrogens is 4. The first-order valence-electron chi connectivity index (χ1n) is 5.87. The Bertz CT molecular complexity index is 620. The first-order valence-corrected chi connectivity index (χ1v) is 5.87. The molecule has 0 spiro atoms. The zero-order valence-electron chi connectivity index (χ0n) is 9.91. The van der Waals surface area contributed by atoms with E-state index < -0.39 is 0 Å². The number of hydrogen-bond acceptors (Lipinski definition) is 5. The number of aliphatic hydroxyl groups is 1. The molecule has 7 nitrogen and oxygen atoms in total. The SMILES string of the molecule is C[C@H]1C[C@H](n2cnc3c(=O)[nH]cnc32)O[C@@H]1CO. The van der Waals surface area contributed by atoms with Gasteiger partial charge in [0, 0.05) is 0 Å². The van der Waals surface area contributed by atoms with Gasteiger partial charge < -0.3 is 14.8 Å². The van der Waals surface area contributed by atoms with Gasteiger partial charge in [-0.1, -0.05) is 6.92 Å². The van der Waals surface area contributed by atoms with Gasteiger partial charge in [0.05, 0.1) is 25.4 Å². The maximum atomic E-state index is 11.5. The van der Waals surface area contributed by atoms with Gasteiger partial charge in [-0.15, -0.1) is 0 Å². The van der Waals surface area contributed by atoms with Crippen LogP contribution in [0.2, 0.25) is 0 Å². The lowest BCUT2D eigenvalue weighted by atomic mass is 10.0. The van der Waals surface area contributed by atoms with E-state index in [2.05, 4.69) is 15.0 Å². The van der Waals surface area contributed by atoms with E-state index in [0.717, 1.165) is 6.42 Å². The van der Waals surface area contributed by atoms with Gasteiger partial charge in [0.25, 0.3) is 5.56 Å². The Morgan fingerprint density at radius 2 is 2.44 bits per heavy atom. The minimum Gasteiger partial charge on any atom is -0.394 e. The molecule has 18 heavy (non-hydrogen) atoms. The van der Waals surface area contributed by atoms with E-state index in [1.807, 2.05) is 6.92 Å². The van der Waals surface area contributed by atoms with Crippen molar-refractivity contribution in [1.29, 1.82) is 0 Å². The summed E-state index contributed by atoms with van der Waals surface area (Å²) in [6.45, 7) is 2.03. The summed E-state index contributed by atoms with van der Waals surface area (Å²) in [7, 11) is 0. The second-order valence-corrected chi connectivity index (χ2v) is 4.58. The van der Waals surface area contributed by atoms with Gasteiger partial charge in [-0.2, -0.15) is 0 Å². The smallest absolute Gasteiger partial charge is 0.278 e. The highest BCUT2D eigenvalue weighted by molar-refractivity contribution is 5.68. The van der Waals surface area contributed by atoms with Gasteiger partial charge in [-0.05, 0) is 12.3 Å². The molecule has 0 bridgehead atoms. The third-order valence-electron chi connectivity index (χ3n) is 3.40. The maximum Gasteiger partial charge on any atom is 0.278 e. The number of aliphatic hydroxyl groups excluding tert-OH is 1. The second-order valence-electron chi connectivity index (χ2n) is 4.58. The molecule has 2 aromatic rings. The van der Waals surface area contributed by atoms with Crippen LogP contribution in [0.5, 0.6) is 0 Å². The predicted octanol–water partition coefficient (Wildman–Crippen LogP) is 0.0355. The van der Waals surface area contributed by atoms with E-state index in [4.69, 9.17) is 4.74 Å². The molecule has 0 amide bonds. The highest BCUT2D eigenvalue weighted by atomic mass is 16.5. The second kappa shape index (κ2) is 4.18. The van der Waals surface area contributed by atoms with Crippen molar-refractivity contribution >= 4 is 11.2 Å². The van der Waals surface area contributed by atoms with Gasteiger partial charge in [-0.25, -0.2) is 9.97 Å². The van der Waals surface area contributed by atoms with Crippen LogP contribution in [0.15, 0.2) is 17.4 Å². The molecular weight excluding hydrogens is 236 g/mol. The minimum absolute atomic E-state index is 0.00168. The van der Waals surface area contributed by atoms with Crippen LogP contribution in [-0.2, 0) is 4.74 Å². The molecular formula is C11H14N4O3. The average Bonchev–Trinajstić information content (AvgIpc) is 2.93. The Hall–Kier alpha value is -1.73. The van der Waals surface area contributed by atoms with E-state index in [1.54, 1.807) is 10.9 Å². The molecule has 1 aliphatic heterocycles. The van der Waals surface area contributed by atoms with E-state index >= 15 is 0 Å². The van der Waals surface area contributed by atoms with Crippen LogP contribution in [0.1, 0.15) is 19.6 Å². The highest BCUT2D eigenvalue weighted by Gasteiger charge is 2.33. The first kappa shape index (κ1) is 11.4. The number of nitrogens with zero attached hydrogens (tertiary/aromatic N) is 3. The van der Waals surface area contributed by atoms with Crippen LogP contribution in [0, 0.1) is 5.92 Å². The lowest BCUT2D eigenvalue weighted by molar-refractivity contribution is -0.0277. The Morgan fingerprint density at radius 1 is 1.61 bits per heavy atom. The van der Waals surface area contributed by atoms with Crippen LogP contribution >= 0.6 is 0 Å². The molecule has 0 saturated carbocycles. The number of aromatic amines is 1. The first-order chi connectivity index (χ1) is 8.70. The summed E-state index contributed by atoms with van der Waals surface area (Å²) in [5.41, 5.74) is 0.555. The quantitative estimate of drug-likeness (QED) is 0.784. The minimum atomic E-state index is -0.261. The van der Waals surface area contributed by atoms with Crippen LogP contribution < -0.4 is 5.56 Å². The number of rotatable bonds is 2. The zero-order chi connectivity index (χ0) is 12.7. The Kier molecular flexibility index (Phi) is 2.64. The van der Waals surface area contributed by atoms with Gasteiger partial charge in [0.2, 0.25) is 0 Å². The standard InChI is InChI=1S/C11H14N4O3/c1-6-2-8(18-7(6)3-16)15-5-14-9-10(15)12-4-13-11(9)17/h4-8,16H,2-3H2,1H3,(H,12,13,17)/t6-,7+,8+/m0/s1. The van der Waals surface area contributed by atoms with Crippen molar-refractivity contribution in [1.82, 2.24) is 19.5 Å². The van der Waals surface area contributed by atoms with Gasteiger partial charge >= 0.3 is 0 Å². The van der Waals surface area contributed by atoms with Crippen molar-refractivity contribution in [3.63, 3.8) is 0 Å². The highest BCUT2D eigenvalue weighted by Crippen LogP contribution is 2.33. The van der Waals surface area contributed by atoms with Crippen molar-refractivity contribution in [2.45, 2.75) is 25.7 Å². The monoisotopic (exact) mass is 250 g/mol. The maximum absolute atomic E-state index is 11.5. The Labute approximate surface area is 102 Å². The lowest BCUT2D eigenvalue weighted by Crippen LogP contribution is -2.18. The van der Waals surface area contributed by atoms with Crippen molar-refractivity contribution in [3.8, 4) is 0 Å². The molecule has 7 heteroatoms. The van der Waals surface area contributed by atoms with E-state index in [1.165, 1.54) is 6.33 Å². The van der Waals surface area contributed by atoms with Crippen LogP contribution in [0.4, 0.5) is 0 Å². The van der Waals surface area contributed by atoms with Gasteiger partial charge in [0.1, 0.15) is 6.23 Å². The molecule has 1 fully saturated rings. The normalized spacial score (nSPS) is 28.0. The van der Waals surface area contributed by atoms with Crippen LogP contribution in [-0.4, -0.2) is 37.3 Å². The van der Waals surface area contributed by atoms with Crippen molar-refractivity contribution in [2.24, 2.45) is 5.92 Å². The van der Waals surface area contributed by atoms with Crippen LogP contribution in [0.25, 0.3) is 11.2 Å². The number of nitrogens with one attached hydrogen (secondary N) is 1. The molecule has 3 atom stereocenters. The zero-order valence-corrected chi connectivity index (χ0v) is 9.91. The van der Waals surface area contributed by atoms with Crippen LogP contribution in [0.3, 0.4) is 0 Å². The molecule has 0 aliphatic carbocycles. The fourth-order valence-electron chi connectivity index (χ4n) is 2.34. The van der Waals surface area contributed by atoms with E-state index in [0.29, 0.717) is 11.2 Å². The van der Waals surface area contributed by atoms with Crippen molar-refractivity contribution in [2.75, 3.05) is 6.61 Å². The Morgan fingerprint density at radius 3 is 3.17 bits per heavy atom. The molecule has 0 aromatic carbocycles. The van der Waals surface area contributed by atoms with E-state index in [9.17, 15) is 9.90 Å². The summed E-state index contributed by atoms with van der Waals surface area (Å²) in [4.78, 5) is 22.2. The summed E-state index contributed by atoms with van der Waals surface area (Å²) in [6, 6.07) is 0. The molecule has 3 rings (SSSR count). The van der Waals surface area contributed by atoms with Gasteiger partial charge in [-0.3, -0.25) is 9.36 Å². The Balaban J connectivity index is 2.01. The average molecular weight is 250 g/mol. The fourth-order valence-corrected chi connectivity index (χ4v) is 2.34. The molecule has 2 aromatic heterocycles. The molecule has 0 unspecified atom stereocenters. The summed E-state index contributed by atoms with van der Waals surface area (Å²) in [6.07, 6.45) is 3.28. The third kappa shape index (κ3) is 1.63. The lowest BCUT2D eigenvalue weighted by Gasteiger charge is -2.13. The number of imidazole rings is 1. The molecule has 1 aliphatic rings. The van der Waals surface area contributed by atoms with E-state index in [-0.39, 0.29) is 30.4 Å².